The first-order chi connectivity index (χ1) is 9.08. The van der Waals surface area contributed by atoms with Gasteiger partial charge in [0, 0.05) is 19.0 Å². The van der Waals surface area contributed by atoms with E-state index < -0.39 is 0 Å². The van der Waals surface area contributed by atoms with Crippen molar-refractivity contribution in [3.8, 4) is 5.88 Å². The lowest BCUT2D eigenvalue weighted by Gasteiger charge is -2.21. The van der Waals surface area contributed by atoms with Crippen molar-refractivity contribution >= 4 is 29.4 Å². The summed E-state index contributed by atoms with van der Waals surface area (Å²) in [6.45, 7) is 0.322. The lowest BCUT2D eigenvalue weighted by atomic mass is 9.98. The van der Waals surface area contributed by atoms with Gasteiger partial charge in [0.2, 0.25) is 23.6 Å². The molecule has 2 heterocycles. The van der Waals surface area contributed by atoms with E-state index in [2.05, 4.69) is 20.6 Å². The molecule has 2 rings (SSSR count). The number of amides is 2. The maximum atomic E-state index is 12.0. The van der Waals surface area contributed by atoms with E-state index in [1.165, 1.54) is 13.2 Å². The number of aromatic nitrogens is 2. The fourth-order valence-electron chi connectivity index (χ4n) is 1.73. The number of hydrogen-bond acceptors (Lipinski definition) is 5. The van der Waals surface area contributed by atoms with Crippen molar-refractivity contribution in [3.05, 3.63) is 11.2 Å². The highest BCUT2D eigenvalue weighted by Gasteiger charge is 2.25. The molecule has 7 nitrogen and oxygen atoms in total. The van der Waals surface area contributed by atoms with E-state index in [1.807, 2.05) is 0 Å². The van der Waals surface area contributed by atoms with Crippen LogP contribution in [0.4, 0.5) is 5.95 Å². The summed E-state index contributed by atoms with van der Waals surface area (Å²) in [6.07, 6.45) is 0.854. The monoisotopic (exact) mass is 284 g/mol. The molecule has 0 radical (unpaired) electrons. The fourth-order valence-corrected chi connectivity index (χ4v) is 1.90. The number of carbonyl (C=O) groups is 2. The number of anilines is 1. The third kappa shape index (κ3) is 3.54. The second-order valence-corrected chi connectivity index (χ2v) is 4.47. The molecule has 1 aromatic heterocycles. The Hall–Kier alpha value is -1.89. The molecule has 0 aromatic carbocycles. The zero-order valence-electron chi connectivity index (χ0n) is 10.3. The summed E-state index contributed by atoms with van der Waals surface area (Å²) < 4.78 is 4.93. The van der Waals surface area contributed by atoms with Gasteiger partial charge in [0.1, 0.15) is 5.15 Å². The number of nitrogens with one attached hydrogen (secondary N) is 2. The Bertz CT molecular complexity index is 499. The largest absolute Gasteiger partial charge is 0.481 e. The molecule has 0 saturated carbocycles. The van der Waals surface area contributed by atoms with E-state index in [9.17, 15) is 9.59 Å². The van der Waals surface area contributed by atoms with Crippen molar-refractivity contribution in [1.82, 2.24) is 15.3 Å². The van der Waals surface area contributed by atoms with Crippen molar-refractivity contribution in [1.29, 1.82) is 0 Å². The van der Waals surface area contributed by atoms with Gasteiger partial charge in [-0.15, -0.1) is 0 Å². The average Bonchev–Trinajstić information content (AvgIpc) is 2.38. The summed E-state index contributed by atoms with van der Waals surface area (Å²) >= 11 is 5.78. The molecule has 0 spiro atoms. The van der Waals surface area contributed by atoms with Crippen LogP contribution in [-0.4, -0.2) is 35.4 Å². The summed E-state index contributed by atoms with van der Waals surface area (Å²) in [5.41, 5.74) is 0. The first-order valence-electron chi connectivity index (χ1n) is 5.74. The average molecular weight is 285 g/mol. The van der Waals surface area contributed by atoms with Gasteiger partial charge < -0.3 is 10.1 Å². The van der Waals surface area contributed by atoms with Gasteiger partial charge in [-0.25, -0.2) is 4.98 Å². The minimum Gasteiger partial charge on any atom is -0.481 e. The van der Waals surface area contributed by atoms with E-state index in [1.54, 1.807) is 0 Å². The summed E-state index contributed by atoms with van der Waals surface area (Å²) in [5.74, 6) is -0.209. The third-order valence-corrected chi connectivity index (χ3v) is 2.95. The predicted octanol–water partition coefficient (Wildman–Crippen LogP) is 0.603. The molecule has 0 bridgehead atoms. The molecule has 1 aliphatic heterocycles. The zero-order chi connectivity index (χ0) is 13.8. The Labute approximate surface area is 114 Å². The van der Waals surface area contributed by atoms with Gasteiger partial charge in [-0.2, -0.15) is 4.98 Å². The van der Waals surface area contributed by atoms with Gasteiger partial charge in [0.05, 0.1) is 13.0 Å². The molecular formula is C11H13ClN4O3. The summed E-state index contributed by atoms with van der Waals surface area (Å²) in [7, 11) is 1.45. The Morgan fingerprint density at radius 1 is 1.58 bits per heavy atom. The highest BCUT2D eigenvalue weighted by atomic mass is 35.5. The van der Waals surface area contributed by atoms with Crippen molar-refractivity contribution in [2.75, 3.05) is 19.0 Å². The summed E-state index contributed by atoms with van der Waals surface area (Å²) in [6, 6.07) is 1.44. The molecule has 8 heteroatoms. The van der Waals surface area contributed by atoms with Crippen LogP contribution >= 0.6 is 11.6 Å². The van der Waals surface area contributed by atoms with Gasteiger partial charge in [-0.3, -0.25) is 14.9 Å². The molecule has 19 heavy (non-hydrogen) atoms. The van der Waals surface area contributed by atoms with E-state index in [0.717, 1.165) is 0 Å². The van der Waals surface area contributed by atoms with Crippen LogP contribution in [0, 0.1) is 5.92 Å². The van der Waals surface area contributed by atoms with Crippen LogP contribution in [0.3, 0.4) is 0 Å². The number of rotatable bonds is 3. The van der Waals surface area contributed by atoms with E-state index >= 15 is 0 Å². The Kier molecular flexibility index (Phi) is 4.16. The molecule has 0 aliphatic carbocycles. The second-order valence-electron chi connectivity index (χ2n) is 4.09. The predicted molar refractivity (Wildman–Crippen MR) is 68.0 cm³/mol. The number of piperidine rings is 1. The van der Waals surface area contributed by atoms with E-state index in [0.29, 0.717) is 19.4 Å². The van der Waals surface area contributed by atoms with Crippen LogP contribution in [0.15, 0.2) is 6.07 Å². The molecule has 2 N–H and O–H groups in total. The van der Waals surface area contributed by atoms with E-state index in [4.69, 9.17) is 16.3 Å². The van der Waals surface area contributed by atoms with Crippen LogP contribution in [0.25, 0.3) is 0 Å². The maximum Gasteiger partial charge on any atom is 0.234 e. The van der Waals surface area contributed by atoms with Gasteiger partial charge in [0.25, 0.3) is 0 Å². The quantitative estimate of drug-likeness (QED) is 0.793. The van der Waals surface area contributed by atoms with Gasteiger partial charge >= 0.3 is 0 Å². The zero-order valence-corrected chi connectivity index (χ0v) is 11.0. The SMILES string of the molecule is COc1cc(Cl)nc(NC(=O)C2CCC(=O)NC2)n1. The highest BCUT2D eigenvalue weighted by molar-refractivity contribution is 6.29. The minimum absolute atomic E-state index is 0.0373. The Morgan fingerprint density at radius 3 is 3.00 bits per heavy atom. The second kappa shape index (κ2) is 5.83. The molecule has 1 atom stereocenters. The van der Waals surface area contributed by atoms with Gasteiger partial charge in [0.15, 0.2) is 0 Å². The molecule has 1 aliphatic rings. The number of methoxy groups -OCH3 is 1. The number of hydrogen-bond donors (Lipinski definition) is 2. The fraction of sp³-hybridized carbons (Fsp3) is 0.455. The Morgan fingerprint density at radius 2 is 2.37 bits per heavy atom. The highest BCUT2D eigenvalue weighted by Crippen LogP contribution is 2.17. The number of ether oxygens (including phenoxy) is 1. The van der Waals surface area contributed by atoms with Crippen LogP contribution in [0.2, 0.25) is 5.15 Å². The number of halogens is 1. The number of carbonyl (C=O) groups excluding carboxylic acids is 2. The maximum absolute atomic E-state index is 12.0. The molecule has 102 valence electrons. The smallest absolute Gasteiger partial charge is 0.234 e. The number of nitrogens with zero attached hydrogens (tertiary/aromatic N) is 2. The van der Waals surface area contributed by atoms with Crippen molar-refractivity contribution in [2.45, 2.75) is 12.8 Å². The van der Waals surface area contributed by atoms with Gasteiger partial charge in [-0.05, 0) is 6.42 Å². The third-order valence-electron chi connectivity index (χ3n) is 2.75. The Balaban J connectivity index is 2.02. The lowest BCUT2D eigenvalue weighted by Crippen LogP contribution is -2.40. The van der Waals surface area contributed by atoms with Crippen LogP contribution < -0.4 is 15.4 Å². The molecular weight excluding hydrogens is 272 g/mol. The standard InChI is InChI=1S/C11H13ClN4O3/c1-19-9-4-7(12)14-11(15-9)16-10(18)6-2-3-8(17)13-5-6/h4,6H,2-3,5H2,1H3,(H,13,17)(H,14,15,16,18). The normalized spacial score (nSPS) is 18.6. The molecule has 1 saturated heterocycles. The van der Waals surface area contributed by atoms with Crippen LogP contribution in [0.5, 0.6) is 5.88 Å². The minimum atomic E-state index is -0.286. The van der Waals surface area contributed by atoms with Crippen molar-refractivity contribution < 1.29 is 14.3 Å². The van der Waals surface area contributed by atoms with Crippen LogP contribution in [-0.2, 0) is 9.59 Å². The van der Waals surface area contributed by atoms with Gasteiger partial charge in [-0.1, -0.05) is 11.6 Å². The molecule has 1 fully saturated rings. The first kappa shape index (κ1) is 13.5. The van der Waals surface area contributed by atoms with Crippen molar-refractivity contribution in [3.63, 3.8) is 0 Å². The molecule has 1 aromatic rings. The molecule has 1 unspecified atom stereocenters. The first-order valence-corrected chi connectivity index (χ1v) is 6.12. The van der Waals surface area contributed by atoms with Crippen LogP contribution in [0.1, 0.15) is 12.8 Å². The summed E-state index contributed by atoms with van der Waals surface area (Å²) in [5, 5.41) is 5.39. The topological polar surface area (TPSA) is 93.2 Å². The lowest BCUT2D eigenvalue weighted by molar-refractivity contribution is -0.126. The van der Waals surface area contributed by atoms with E-state index in [-0.39, 0.29) is 34.7 Å². The molecule has 2 amide bonds. The summed E-state index contributed by atoms with van der Waals surface area (Å²) in [4.78, 5) is 30.8. The van der Waals surface area contributed by atoms with Crippen molar-refractivity contribution in [2.24, 2.45) is 5.92 Å².